The third kappa shape index (κ3) is 9.31. The molecule has 0 bridgehead atoms. The average molecular weight is 242 g/mol. The molecule has 0 aromatic heterocycles. The maximum Gasteiger partial charge on any atom is 0.149 e. The highest BCUT2D eigenvalue weighted by molar-refractivity contribution is 5.83. The zero-order valence-corrected chi connectivity index (χ0v) is 12.2. The molecule has 0 aromatic carbocycles. The Kier molecular flexibility index (Phi) is 9.37. The van der Waals surface area contributed by atoms with Gasteiger partial charge in [0.15, 0.2) is 0 Å². The average Bonchev–Trinajstić information content (AvgIpc) is 2.25. The van der Waals surface area contributed by atoms with Crippen molar-refractivity contribution in [2.75, 3.05) is 6.54 Å². The Labute approximate surface area is 107 Å². The SMILES string of the molecule is CCC(=O)C(CCCCNC(C)C)NC(C)C. The van der Waals surface area contributed by atoms with Crippen molar-refractivity contribution in [1.82, 2.24) is 10.6 Å². The Balaban J connectivity index is 3.80. The van der Waals surface area contributed by atoms with Crippen molar-refractivity contribution in [3.63, 3.8) is 0 Å². The fourth-order valence-electron chi connectivity index (χ4n) is 1.85. The largest absolute Gasteiger partial charge is 0.315 e. The van der Waals surface area contributed by atoms with Crippen molar-refractivity contribution in [2.24, 2.45) is 0 Å². The van der Waals surface area contributed by atoms with Gasteiger partial charge in [0.2, 0.25) is 0 Å². The lowest BCUT2D eigenvalue weighted by molar-refractivity contribution is -0.121. The molecule has 0 rings (SSSR count). The topological polar surface area (TPSA) is 41.1 Å². The Morgan fingerprint density at radius 2 is 1.71 bits per heavy atom. The van der Waals surface area contributed by atoms with E-state index in [0.29, 0.717) is 24.3 Å². The third-order valence-electron chi connectivity index (χ3n) is 2.74. The van der Waals surface area contributed by atoms with Gasteiger partial charge >= 0.3 is 0 Å². The number of hydrogen-bond acceptors (Lipinski definition) is 3. The van der Waals surface area contributed by atoms with Crippen molar-refractivity contribution in [2.45, 2.75) is 78.4 Å². The summed E-state index contributed by atoms with van der Waals surface area (Å²) in [5, 5.41) is 6.76. The van der Waals surface area contributed by atoms with Crippen LogP contribution in [0.1, 0.15) is 60.3 Å². The van der Waals surface area contributed by atoms with Gasteiger partial charge in [-0.2, -0.15) is 0 Å². The number of hydrogen-bond donors (Lipinski definition) is 2. The number of carbonyl (C=O) groups is 1. The highest BCUT2D eigenvalue weighted by Crippen LogP contribution is 2.05. The van der Waals surface area contributed by atoms with Crippen LogP contribution in [-0.2, 0) is 4.79 Å². The molecule has 2 N–H and O–H groups in total. The van der Waals surface area contributed by atoms with Crippen molar-refractivity contribution >= 4 is 5.78 Å². The van der Waals surface area contributed by atoms with E-state index < -0.39 is 0 Å². The zero-order chi connectivity index (χ0) is 13.3. The zero-order valence-electron chi connectivity index (χ0n) is 12.2. The van der Waals surface area contributed by atoms with Crippen molar-refractivity contribution in [1.29, 1.82) is 0 Å². The Morgan fingerprint density at radius 1 is 1.06 bits per heavy atom. The quantitative estimate of drug-likeness (QED) is 0.578. The van der Waals surface area contributed by atoms with Crippen molar-refractivity contribution in [3.8, 4) is 0 Å². The first-order valence-corrected chi connectivity index (χ1v) is 6.99. The molecule has 3 nitrogen and oxygen atoms in total. The van der Waals surface area contributed by atoms with Gasteiger partial charge < -0.3 is 10.6 Å². The highest BCUT2D eigenvalue weighted by Gasteiger charge is 2.16. The lowest BCUT2D eigenvalue weighted by Crippen LogP contribution is -2.40. The van der Waals surface area contributed by atoms with E-state index in [1.807, 2.05) is 6.92 Å². The van der Waals surface area contributed by atoms with Crippen LogP contribution >= 0.6 is 0 Å². The van der Waals surface area contributed by atoms with Gasteiger partial charge in [0, 0.05) is 18.5 Å². The molecule has 102 valence electrons. The standard InChI is InChI=1S/C14H30N2O/c1-6-14(17)13(16-12(4)5)9-7-8-10-15-11(2)3/h11-13,15-16H,6-10H2,1-5H3. The molecule has 0 saturated heterocycles. The summed E-state index contributed by atoms with van der Waals surface area (Å²) in [5.41, 5.74) is 0. The van der Waals surface area contributed by atoms with Gasteiger partial charge in [-0.15, -0.1) is 0 Å². The first kappa shape index (κ1) is 16.6. The minimum Gasteiger partial charge on any atom is -0.315 e. The summed E-state index contributed by atoms with van der Waals surface area (Å²) in [6.45, 7) is 11.5. The number of carbonyl (C=O) groups excluding carboxylic acids is 1. The molecule has 0 aliphatic rings. The van der Waals surface area contributed by atoms with Gasteiger partial charge in [-0.1, -0.05) is 41.0 Å². The van der Waals surface area contributed by atoms with Crippen molar-refractivity contribution < 1.29 is 4.79 Å². The predicted molar refractivity (Wildman–Crippen MR) is 74.3 cm³/mol. The molecule has 0 amide bonds. The van der Waals surface area contributed by atoms with E-state index in [-0.39, 0.29) is 6.04 Å². The van der Waals surface area contributed by atoms with E-state index >= 15 is 0 Å². The molecule has 0 aliphatic heterocycles. The van der Waals surface area contributed by atoms with Crippen LogP contribution in [0.3, 0.4) is 0 Å². The molecule has 0 fully saturated rings. The van der Waals surface area contributed by atoms with Gasteiger partial charge in [-0.05, 0) is 19.4 Å². The van der Waals surface area contributed by atoms with Gasteiger partial charge in [-0.3, -0.25) is 4.79 Å². The molecule has 0 aromatic rings. The maximum absolute atomic E-state index is 11.7. The third-order valence-corrected chi connectivity index (χ3v) is 2.74. The second kappa shape index (κ2) is 9.60. The first-order valence-electron chi connectivity index (χ1n) is 6.99. The van der Waals surface area contributed by atoms with Crippen LogP contribution in [0.4, 0.5) is 0 Å². The van der Waals surface area contributed by atoms with E-state index in [4.69, 9.17) is 0 Å². The lowest BCUT2D eigenvalue weighted by atomic mass is 10.0. The molecule has 17 heavy (non-hydrogen) atoms. The molecular formula is C14H30N2O. The first-order chi connectivity index (χ1) is 7.97. The summed E-state index contributed by atoms with van der Waals surface area (Å²) >= 11 is 0. The number of nitrogens with one attached hydrogen (secondary N) is 2. The minimum atomic E-state index is 0.0547. The van der Waals surface area contributed by atoms with Crippen molar-refractivity contribution in [3.05, 3.63) is 0 Å². The van der Waals surface area contributed by atoms with Crippen LogP contribution < -0.4 is 10.6 Å². The molecule has 0 aliphatic carbocycles. The minimum absolute atomic E-state index is 0.0547. The summed E-state index contributed by atoms with van der Waals surface area (Å²) < 4.78 is 0. The Hall–Kier alpha value is -0.410. The van der Waals surface area contributed by atoms with Crippen LogP contribution in [0.2, 0.25) is 0 Å². The fourth-order valence-corrected chi connectivity index (χ4v) is 1.85. The van der Waals surface area contributed by atoms with Crippen LogP contribution in [0.15, 0.2) is 0 Å². The Morgan fingerprint density at radius 3 is 2.18 bits per heavy atom. The number of Topliss-reactive ketones (excluding diaryl/α,β-unsaturated/α-hetero) is 1. The summed E-state index contributed by atoms with van der Waals surface area (Å²) in [4.78, 5) is 11.7. The number of unbranched alkanes of at least 4 members (excludes halogenated alkanes) is 1. The molecule has 0 saturated carbocycles. The fraction of sp³-hybridized carbons (Fsp3) is 0.929. The molecular weight excluding hydrogens is 212 g/mol. The van der Waals surface area contributed by atoms with Gasteiger partial charge in [0.1, 0.15) is 5.78 Å². The van der Waals surface area contributed by atoms with Gasteiger partial charge in [-0.25, -0.2) is 0 Å². The van der Waals surface area contributed by atoms with Gasteiger partial charge in [0.05, 0.1) is 6.04 Å². The number of ketones is 1. The van der Waals surface area contributed by atoms with Crippen LogP contribution in [0.25, 0.3) is 0 Å². The predicted octanol–water partition coefficient (Wildman–Crippen LogP) is 2.50. The molecule has 0 heterocycles. The summed E-state index contributed by atoms with van der Waals surface area (Å²) in [7, 11) is 0. The highest BCUT2D eigenvalue weighted by atomic mass is 16.1. The van der Waals surface area contributed by atoms with E-state index in [2.05, 4.69) is 38.3 Å². The number of rotatable bonds is 10. The molecule has 1 atom stereocenters. The second-order valence-electron chi connectivity index (χ2n) is 5.30. The normalized spacial score (nSPS) is 13.4. The van der Waals surface area contributed by atoms with Crippen LogP contribution in [0.5, 0.6) is 0 Å². The summed E-state index contributed by atoms with van der Waals surface area (Å²) in [5.74, 6) is 0.343. The molecule has 0 radical (unpaired) electrons. The van der Waals surface area contributed by atoms with Gasteiger partial charge in [0.25, 0.3) is 0 Å². The monoisotopic (exact) mass is 242 g/mol. The van der Waals surface area contributed by atoms with E-state index in [1.54, 1.807) is 0 Å². The van der Waals surface area contributed by atoms with E-state index in [0.717, 1.165) is 25.8 Å². The molecule has 1 unspecified atom stereocenters. The smallest absolute Gasteiger partial charge is 0.149 e. The van der Waals surface area contributed by atoms with E-state index in [9.17, 15) is 4.79 Å². The van der Waals surface area contributed by atoms with E-state index in [1.165, 1.54) is 0 Å². The summed E-state index contributed by atoms with van der Waals surface area (Å²) in [6.07, 6.45) is 3.85. The summed E-state index contributed by atoms with van der Waals surface area (Å²) in [6, 6.07) is 0.986. The Bertz CT molecular complexity index is 202. The maximum atomic E-state index is 11.7. The van der Waals surface area contributed by atoms with Crippen LogP contribution in [0, 0.1) is 0 Å². The van der Waals surface area contributed by atoms with Crippen LogP contribution in [-0.4, -0.2) is 30.5 Å². The molecule has 0 spiro atoms. The second-order valence-corrected chi connectivity index (χ2v) is 5.30. The lowest BCUT2D eigenvalue weighted by Gasteiger charge is -2.19. The molecule has 3 heteroatoms.